The number of hydrogen-bond donors (Lipinski definition) is 0. The molecule has 0 aliphatic carbocycles. The molecular weight excluding hydrogens is 663 g/mol. The number of benzene rings is 8. The van der Waals surface area contributed by atoms with Gasteiger partial charge in [0, 0.05) is 58.6 Å². The minimum absolute atomic E-state index is 0.706. The predicted molar refractivity (Wildman–Crippen MR) is 224 cm³/mol. The van der Waals surface area contributed by atoms with Crippen LogP contribution in [-0.4, -0.2) is 15.0 Å². The second kappa shape index (κ2) is 11.9. The Balaban J connectivity index is 1.11. The van der Waals surface area contributed by atoms with Crippen LogP contribution in [0.25, 0.3) is 109 Å². The van der Waals surface area contributed by atoms with Crippen molar-refractivity contribution in [2.45, 2.75) is 0 Å². The van der Waals surface area contributed by atoms with E-state index in [4.69, 9.17) is 15.0 Å². The van der Waals surface area contributed by atoms with Gasteiger partial charge in [0.1, 0.15) is 0 Å². The van der Waals surface area contributed by atoms with Gasteiger partial charge in [0.25, 0.3) is 0 Å². The Labute approximate surface area is 309 Å². The molecule has 0 bridgehead atoms. The smallest absolute Gasteiger partial charge is 0.160 e. The maximum absolute atomic E-state index is 5.59. The Hall–Kier alpha value is -6.75. The lowest BCUT2D eigenvalue weighted by Gasteiger charge is -2.14. The van der Waals surface area contributed by atoms with Crippen molar-refractivity contribution in [3.8, 4) is 45.2 Å². The van der Waals surface area contributed by atoms with Crippen molar-refractivity contribution in [3.63, 3.8) is 0 Å². The molecule has 0 spiro atoms. The number of thiophene rings is 1. The molecular formula is C49H29N3S. The second-order valence-electron chi connectivity index (χ2n) is 13.5. The first-order valence-electron chi connectivity index (χ1n) is 17.9. The number of hydrogen-bond acceptors (Lipinski definition) is 4. The molecule has 3 heterocycles. The van der Waals surface area contributed by atoms with Crippen LogP contribution in [-0.2, 0) is 0 Å². The molecule has 246 valence electrons. The van der Waals surface area contributed by atoms with E-state index < -0.39 is 0 Å². The zero-order chi connectivity index (χ0) is 34.9. The van der Waals surface area contributed by atoms with Gasteiger partial charge in [-0.25, -0.2) is 15.0 Å². The fourth-order valence-corrected chi connectivity index (χ4v) is 9.16. The molecule has 0 fully saturated rings. The number of nitrogens with zero attached hydrogens (tertiary/aromatic N) is 3. The molecule has 0 aliphatic rings. The predicted octanol–water partition coefficient (Wildman–Crippen LogP) is 13.5. The molecule has 0 atom stereocenters. The van der Waals surface area contributed by atoms with Crippen molar-refractivity contribution >= 4 is 74.7 Å². The first-order valence-corrected chi connectivity index (χ1v) is 18.7. The summed E-state index contributed by atoms with van der Waals surface area (Å²) in [5.41, 5.74) is 7.95. The molecule has 0 radical (unpaired) electrons. The zero-order valence-electron chi connectivity index (χ0n) is 28.5. The van der Waals surface area contributed by atoms with Gasteiger partial charge in [0.15, 0.2) is 5.82 Å². The first-order chi connectivity index (χ1) is 26.3. The van der Waals surface area contributed by atoms with Crippen molar-refractivity contribution in [1.82, 2.24) is 15.0 Å². The third-order valence-corrected chi connectivity index (χ3v) is 11.6. The van der Waals surface area contributed by atoms with E-state index in [1.807, 2.05) is 17.4 Å². The lowest BCUT2D eigenvalue weighted by atomic mass is 9.94. The molecule has 0 saturated heterocycles. The van der Waals surface area contributed by atoms with Gasteiger partial charge in [-0.15, -0.1) is 11.3 Å². The van der Waals surface area contributed by atoms with Crippen LogP contribution in [0.1, 0.15) is 0 Å². The molecule has 53 heavy (non-hydrogen) atoms. The number of rotatable bonds is 4. The van der Waals surface area contributed by atoms with Crippen LogP contribution in [0.3, 0.4) is 0 Å². The summed E-state index contributed by atoms with van der Waals surface area (Å²) in [4.78, 5) is 15.8. The molecule has 11 aromatic rings. The maximum Gasteiger partial charge on any atom is 0.160 e. The lowest BCUT2D eigenvalue weighted by Crippen LogP contribution is -1.96. The largest absolute Gasteiger partial charge is 0.246 e. The van der Waals surface area contributed by atoms with Gasteiger partial charge in [-0.2, -0.15) is 0 Å². The summed E-state index contributed by atoms with van der Waals surface area (Å²) in [6.07, 6.45) is 0. The minimum atomic E-state index is 0.706. The van der Waals surface area contributed by atoms with Gasteiger partial charge in [-0.05, 0) is 39.7 Å². The highest BCUT2D eigenvalue weighted by Gasteiger charge is 2.20. The molecule has 3 nitrogen and oxygen atoms in total. The molecule has 0 N–H and O–H groups in total. The normalized spacial score (nSPS) is 11.8. The molecule has 11 rings (SSSR count). The molecule has 8 aromatic carbocycles. The van der Waals surface area contributed by atoms with Crippen molar-refractivity contribution < 1.29 is 0 Å². The van der Waals surface area contributed by atoms with Crippen molar-refractivity contribution in [1.29, 1.82) is 0 Å². The van der Waals surface area contributed by atoms with Gasteiger partial charge < -0.3 is 0 Å². The fraction of sp³-hybridized carbons (Fsp3) is 0. The van der Waals surface area contributed by atoms with E-state index in [9.17, 15) is 0 Å². The van der Waals surface area contributed by atoms with E-state index in [1.54, 1.807) is 0 Å². The number of fused-ring (bicyclic) bond motifs is 11. The standard InChI is InChI=1S/C49H29N3S/c1-2-13-31(14-3-1)41-29-42(51-49(50-41)35-27-22-30-12-4-5-15-34(30)28-35)32-23-25-33(26-24-32)46-38-18-8-6-16-36(38)44-37-17-7-9-19-39(37)48-45(47(44)52-46)40-20-10-11-21-43(40)53-48/h1-29H. The molecule has 0 amide bonds. The monoisotopic (exact) mass is 691 g/mol. The quantitative estimate of drug-likeness (QED) is 0.172. The van der Waals surface area contributed by atoms with Crippen molar-refractivity contribution in [2.24, 2.45) is 0 Å². The van der Waals surface area contributed by atoms with Crippen LogP contribution in [0.4, 0.5) is 0 Å². The van der Waals surface area contributed by atoms with Gasteiger partial charge >= 0.3 is 0 Å². The Morgan fingerprint density at radius 2 is 0.925 bits per heavy atom. The average Bonchev–Trinajstić information content (AvgIpc) is 3.64. The van der Waals surface area contributed by atoms with Crippen LogP contribution in [0.15, 0.2) is 176 Å². The fourth-order valence-electron chi connectivity index (χ4n) is 7.91. The first kappa shape index (κ1) is 29.9. The third kappa shape index (κ3) is 4.84. The van der Waals surface area contributed by atoms with Crippen molar-refractivity contribution in [2.75, 3.05) is 0 Å². The summed E-state index contributed by atoms with van der Waals surface area (Å²) in [6.45, 7) is 0. The van der Waals surface area contributed by atoms with E-state index in [-0.39, 0.29) is 0 Å². The van der Waals surface area contributed by atoms with E-state index in [0.29, 0.717) is 5.82 Å². The van der Waals surface area contributed by atoms with E-state index in [2.05, 4.69) is 170 Å². The Morgan fingerprint density at radius 1 is 0.358 bits per heavy atom. The highest BCUT2D eigenvalue weighted by atomic mass is 32.1. The van der Waals surface area contributed by atoms with E-state index in [1.165, 1.54) is 52.5 Å². The van der Waals surface area contributed by atoms with Gasteiger partial charge in [0.05, 0.1) is 22.6 Å². The number of aromatic nitrogens is 3. The number of pyridine rings is 1. The van der Waals surface area contributed by atoms with Gasteiger partial charge in [-0.3, -0.25) is 0 Å². The van der Waals surface area contributed by atoms with Gasteiger partial charge in [0.2, 0.25) is 0 Å². The summed E-state index contributed by atoms with van der Waals surface area (Å²) in [7, 11) is 0. The molecule has 0 aliphatic heterocycles. The van der Waals surface area contributed by atoms with E-state index in [0.717, 1.165) is 50.2 Å². The summed E-state index contributed by atoms with van der Waals surface area (Å²) in [6, 6.07) is 62.3. The maximum atomic E-state index is 5.59. The molecule has 0 unspecified atom stereocenters. The highest BCUT2D eigenvalue weighted by molar-refractivity contribution is 7.27. The Morgan fingerprint density at radius 3 is 1.70 bits per heavy atom. The van der Waals surface area contributed by atoms with Crippen LogP contribution >= 0.6 is 11.3 Å². The summed E-state index contributed by atoms with van der Waals surface area (Å²) < 4.78 is 2.57. The minimum Gasteiger partial charge on any atom is -0.246 e. The lowest BCUT2D eigenvalue weighted by molar-refractivity contribution is 1.18. The van der Waals surface area contributed by atoms with Crippen LogP contribution < -0.4 is 0 Å². The van der Waals surface area contributed by atoms with Crippen LogP contribution in [0, 0.1) is 0 Å². The van der Waals surface area contributed by atoms with Gasteiger partial charge in [-0.1, -0.05) is 158 Å². The molecule has 3 aromatic heterocycles. The van der Waals surface area contributed by atoms with Crippen LogP contribution in [0.2, 0.25) is 0 Å². The van der Waals surface area contributed by atoms with Crippen LogP contribution in [0.5, 0.6) is 0 Å². The summed E-state index contributed by atoms with van der Waals surface area (Å²) in [5.74, 6) is 0.706. The molecule has 4 heteroatoms. The topological polar surface area (TPSA) is 38.7 Å². The Kier molecular flexibility index (Phi) is 6.73. The highest BCUT2D eigenvalue weighted by Crippen LogP contribution is 2.46. The summed E-state index contributed by atoms with van der Waals surface area (Å²) >= 11 is 1.86. The Bertz CT molecular complexity index is 3220. The zero-order valence-corrected chi connectivity index (χ0v) is 29.3. The average molecular weight is 692 g/mol. The van der Waals surface area contributed by atoms with E-state index >= 15 is 0 Å². The SMILES string of the molecule is c1ccc(-c2cc(-c3ccc(-c4nc5c(c6ccccc46)c4ccccc4c4sc6ccccc6c54)cc3)nc(-c3ccc4ccccc4c3)n2)cc1. The summed E-state index contributed by atoms with van der Waals surface area (Å²) in [5, 5.41) is 10.9. The third-order valence-electron chi connectivity index (χ3n) is 10.4. The molecule has 0 saturated carbocycles. The van der Waals surface area contributed by atoms with Crippen molar-refractivity contribution in [3.05, 3.63) is 176 Å². The second-order valence-corrected chi connectivity index (χ2v) is 14.6.